The van der Waals surface area contributed by atoms with Gasteiger partial charge in [0.2, 0.25) is 0 Å². The highest BCUT2D eigenvalue weighted by Crippen LogP contribution is 2.36. The minimum Gasteiger partial charge on any atom is -0.508 e. The second-order valence-electron chi connectivity index (χ2n) is 4.93. The van der Waals surface area contributed by atoms with Crippen molar-refractivity contribution in [3.63, 3.8) is 0 Å². The Morgan fingerprint density at radius 2 is 2.00 bits per heavy atom. The van der Waals surface area contributed by atoms with E-state index in [1.165, 1.54) is 30.4 Å². The lowest BCUT2D eigenvalue weighted by Crippen LogP contribution is -2.16. The van der Waals surface area contributed by atoms with E-state index >= 15 is 0 Å². The lowest BCUT2D eigenvalue weighted by Gasteiger charge is -2.25. The molecule has 0 heterocycles. The molecule has 14 heavy (non-hydrogen) atoms. The molecule has 0 fully saturated rings. The van der Waals surface area contributed by atoms with Gasteiger partial charge in [-0.2, -0.15) is 0 Å². The van der Waals surface area contributed by atoms with Gasteiger partial charge in [-0.15, -0.1) is 0 Å². The quantitative estimate of drug-likeness (QED) is 0.622. The zero-order chi connectivity index (χ0) is 10.2. The van der Waals surface area contributed by atoms with Crippen molar-refractivity contribution in [2.75, 3.05) is 0 Å². The molecule has 0 amide bonds. The SMILES string of the molecule is CC1(C)CCCCc2cc(O)ccc21. The molecule has 1 aliphatic rings. The zero-order valence-corrected chi connectivity index (χ0v) is 9.01. The normalized spacial score (nSPS) is 19.9. The third-order valence-electron chi connectivity index (χ3n) is 3.32. The summed E-state index contributed by atoms with van der Waals surface area (Å²) in [5, 5.41) is 9.45. The summed E-state index contributed by atoms with van der Waals surface area (Å²) in [5.74, 6) is 0.404. The first kappa shape index (κ1) is 9.57. The molecule has 0 aliphatic heterocycles. The van der Waals surface area contributed by atoms with Gasteiger partial charge in [-0.3, -0.25) is 0 Å². The van der Waals surface area contributed by atoms with Crippen LogP contribution in [-0.4, -0.2) is 5.11 Å². The van der Waals surface area contributed by atoms with Crippen molar-refractivity contribution in [1.82, 2.24) is 0 Å². The third-order valence-corrected chi connectivity index (χ3v) is 3.32. The number of phenolic OH excluding ortho intramolecular Hbond substituents is 1. The molecule has 2 rings (SSSR count). The number of aryl methyl sites for hydroxylation is 1. The standard InChI is InChI=1S/C13H18O/c1-13(2)8-4-3-5-10-9-11(14)6-7-12(10)13/h6-7,9,14H,3-5,8H2,1-2H3. The monoisotopic (exact) mass is 190 g/mol. The summed E-state index contributed by atoms with van der Waals surface area (Å²) in [5.41, 5.74) is 3.04. The summed E-state index contributed by atoms with van der Waals surface area (Å²) in [6.07, 6.45) is 4.92. The molecule has 0 bridgehead atoms. The molecule has 1 nitrogen and oxygen atoms in total. The molecule has 1 aromatic rings. The molecule has 76 valence electrons. The van der Waals surface area contributed by atoms with Crippen molar-refractivity contribution >= 4 is 0 Å². The molecule has 0 saturated heterocycles. The molecule has 0 radical (unpaired) electrons. The fraction of sp³-hybridized carbons (Fsp3) is 0.538. The van der Waals surface area contributed by atoms with Crippen LogP contribution in [0.1, 0.15) is 44.2 Å². The van der Waals surface area contributed by atoms with Gasteiger partial charge in [0.15, 0.2) is 0 Å². The van der Waals surface area contributed by atoms with Crippen LogP contribution in [0.4, 0.5) is 0 Å². The topological polar surface area (TPSA) is 20.2 Å². The Morgan fingerprint density at radius 3 is 2.79 bits per heavy atom. The Bertz CT molecular complexity index is 339. The third kappa shape index (κ3) is 1.63. The lowest BCUT2D eigenvalue weighted by atomic mass is 9.80. The van der Waals surface area contributed by atoms with Gasteiger partial charge in [-0.25, -0.2) is 0 Å². The number of phenols is 1. The first-order chi connectivity index (χ1) is 6.59. The number of aromatic hydroxyl groups is 1. The smallest absolute Gasteiger partial charge is 0.115 e. The molecule has 0 spiro atoms. The van der Waals surface area contributed by atoms with Gasteiger partial charge >= 0.3 is 0 Å². The lowest BCUT2D eigenvalue weighted by molar-refractivity contribution is 0.463. The van der Waals surface area contributed by atoms with Crippen molar-refractivity contribution in [3.8, 4) is 5.75 Å². The molecule has 1 heteroatoms. The van der Waals surface area contributed by atoms with E-state index in [0.717, 1.165) is 6.42 Å². The number of fused-ring (bicyclic) bond motifs is 1. The van der Waals surface area contributed by atoms with Crippen molar-refractivity contribution < 1.29 is 5.11 Å². The van der Waals surface area contributed by atoms with Crippen molar-refractivity contribution in [1.29, 1.82) is 0 Å². The van der Waals surface area contributed by atoms with E-state index in [0.29, 0.717) is 5.75 Å². The van der Waals surface area contributed by atoms with Crippen molar-refractivity contribution in [2.24, 2.45) is 0 Å². The van der Waals surface area contributed by atoms with Gasteiger partial charge in [-0.05, 0) is 47.9 Å². The summed E-state index contributed by atoms with van der Waals surface area (Å²) in [4.78, 5) is 0. The number of hydrogen-bond donors (Lipinski definition) is 1. The van der Waals surface area contributed by atoms with Crippen LogP contribution in [0, 0.1) is 0 Å². The average Bonchev–Trinajstić information content (AvgIpc) is 2.25. The number of hydrogen-bond acceptors (Lipinski definition) is 1. The fourth-order valence-corrected chi connectivity index (χ4v) is 2.46. The predicted molar refractivity (Wildman–Crippen MR) is 58.7 cm³/mol. The van der Waals surface area contributed by atoms with Gasteiger partial charge in [0.25, 0.3) is 0 Å². The van der Waals surface area contributed by atoms with Crippen molar-refractivity contribution in [2.45, 2.75) is 44.9 Å². The van der Waals surface area contributed by atoms with E-state index in [2.05, 4.69) is 19.9 Å². The second kappa shape index (κ2) is 3.30. The summed E-state index contributed by atoms with van der Waals surface area (Å²) >= 11 is 0. The van der Waals surface area contributed by atoms with E-state index in [4.69, 9.17) is 0 Å². The summed E-state index contributed by atoms with van der Waals surface area (Å²) in [6, 6.07) is 5.84. The van der Waals surface area contributed by atoms with Crippen LogP contribution < -0.4 is 0 Å². The van der Waals surface area contributed by atoms with Gasteiger partial charge in [0.05, 0.1) is 0 Å². The number of rotatable bonds is 0. The molecule has 0 aromatic heterocycles. The Balaban J connectivity index is 2.50. The Hall–Kier alpha value is -0.980. The van der Waals surface area contributed by atoms with Crippen LogP contribution in [0.5, 0.6) is 5.75 Å². The van der Waals surface area contributed by atoms with Crippen LogP contribution in [-0.2, 0) is 11.8 Å². The van der Waals surface area contributed by atoms with Crippen LogP contribution in [0.25, 0.3) is 0 Å². The highest BCUT2D eigenvalue weighted by atomic mass is 16.3. The van der Waals surface area contributed by atoms with E-state index in [1.807, 2.05) is 12.1 Å². The van der Waals surface area contributed by atoms with Gasteiger partial charge in [0, 0.05) is 0 Å². The Morgan fingerprint density at radius 1 is 1.21 bits per heavy atom. The van der Waals surface area contributed by atoms with Crippen LogP contribution in [0.3, 0.4) is 0 Å². The molecule has 1 N–H and O–H groups in total. The highest BCUT2D eigenvalue weighted by Gasteiger charge is 2.25. The maximum atomic E-state index is 9.45. The van der Waals surface area contributed by atoms with E-state index in [9.17, 15) is 5.11 Å². The first-order valence-electron chi connectivity index (χ1n) is 5.42. The summed E-state index contributed by atoms with van der Waals surface area (Å²) in [7, 11) is 0. The van der Waals surface area contributed by atoms with Crippen molar-refractivity contribution in [3.05, 3.63) is 29.3 Å². The zero-order valence-electron chi connectivity index (χ0n) is 9.01. The molecule has 0 unspecified atom stereocenters. The Labute approximate surface area is 85.8 Å². The largest absolute Gasteiger partial charge is 0.508 e. The van der Waals surface area contributed by atoms with E-state index in [-0.39, 0.29) is 5.41 Å². The Kier molecular flexibility index (Phi) is 2.26. The minimum atomic E-state index is 0.277. The van der Waals surface area contributed by atoms with Crippen LogP contribution >= 0.6 is 0 Å². The van der Waals surface area contributed by atoms with Crippen LogP contribution in [0.2, 0.25) is 0 Å². The maximum absolute atomic E-state index is 9.45. The molecule has 1 aromatic carbocycles. The molecule has 1 aliphatic carbocycles. The maximum Gasteiger partial charge on any atom is 0.115 e. The molecule has 0 atom stereocenters. The van der Waals surface area contributed by atoms with Gasteiger partial charge in [-0.1, -0.05) is 26.3 Å². The second-order valence-corrected chi connectivity index (χ2v) is 4.93. The van der Waals surface area contributed by atoms with Gasteiger partial charge in [0.1, 0.15) is 5.75 Å². The fourth-order valence-electron chi connectivity index (χ4n) is 2.46. The number of benzene rings is 1. The van der Waals surface area contributed by atoms with Crippen LogP contribution in [0.15, 0.2) is 18.2 Å². The molecule has 0 saturated carbocycles. The van der Waals surface area contributed by atoms with E-state index < -0.39 is 0 Å². The summed E-state index contributed by atoms with van der Waals surface area (Å²) in [6.45, 7) is 4.60. The predicted octanol–water partition coefficient (Wildman–Crippen LogP) is 3.40. The van der Waals surface area contributed by atoms with E-state index in [1.54, 1.807) is 0 Å². The first-order valence-corrected chi connectivity index (χ1v) is 5.42. The minimum absolute atomic E-state index is 0.277. The highest BCUT2D eigenvalue weighted by molar-refractivity contribution is 5.39. The summed E-state index contributed by atoms with van der Waals surface area (Å²) < 4.78 is 0. The molecular formula is C13H18O. The molecular weight excluding hydrogens is 172 g/mol. The van der Waals surface area contributed by atoms with Gasteiger partial charge < -0.3 is 5.11 Å². The average molecular weight is 190 g/mol.